The Labute approximate surface area is 198 Å². The van der Waals surface area contributed by atoms with E-state index in [1.807, 2.05) is 20.8 Å². The zero-order chi connectivity index (χ0) is 23.6. The van der Waals surface area contributed by atoms with E-state index < -0.39 is 9.84 Å². The molecular weight excluding hydrogens is 471 g/mol. The molecule has 1 aromatic carbocycles. The van der Waals surface area contributed by atoms with Gasteiger partial charge in [0.05, 0.1) is 21.2 Å². The van der Waals surface area contributed by atoms with Gasteiger partial charge in [-0.05, 0) is 57.4 Å². The minimum Gasteiger partial charge on any atom is -0.382 e. The first-order chi connectivity index (χ1) is 15.1. The van der Waals surface area contributed by atoms with Crippen LogP contribution in [0.25, 0.3) is 11.0 Å². The van der Waals surface area contributed by atoms with Gasteiger partial charge in [-0.1, -0.05) is 29.6 Å². The number of aromatic nitrogens is 3. The lowest BCUT2D eigenvalue weighted by Crippen LogP contribution is -2.11. The number of methoxy groups -OCH3 is 1. The second kappa shape index (κ2) is 9.95. The molecule has 3 aromatic rings. The van der Waals surface area contributed by atoms with Gasteiger partial charge >= 0.3 is 0 Å². The Morgan fingerprint density at radius 1 is 1.16 bits per heavy atom. The van der Waals surface area contributed by atoms with Crippen molar-refractivity contribution in [3.05, 3.63) is 45.3 Å². The number of ether oxygens (including phenoxy) is 1. The van der Waals surface area contributed by atoms with Gasteiger partial charge in [0.2, 0.25) is 0 Å². The molecule has 0 spiro atoms. The van der Waals surface area contributed by atoms with Gasteiger partial charge in [-0.3, -0.25) is 0 Å². The van der Waals surface area contributed by atoms with Crippen molar-refractivity contribution < 1.29 is 13.2 Å². The summed E-state index contributed by atoms with van der Waals surface area (Å²) in [5.41, 5.74) is 9.65. The van der Waals surface area contributed by atoms with Gasteiger partial charge in [0, 0.05) is 24.4 Å². The highest BCUT2D eigenvalue weighted by atomic mass is 35.5. The predicted molar refractivity (Wildman–Crippen MR) is 129 cm³/mol. The second-order valence-corrected chi connectivity index (χ2v) is 10.8. The Morgan fingerprint density at radius 2 is 1.88 bits per heavy atom. The Bertz CT molecular complexity index is 1240. The third-order valence-electron chi connectivity index (χ3n) is 5.67. The number of imidazole rings is 1. The van der Waals surface area contributed by atoms with Crippen molar-refractivity contribution in [1.82, 2.24) is 14.5 Å². The topological polar surface area (TPSA) is 100 Å². The van der Waals surface area contributed by atoms with Crippen LogP contribution in [0.15, 0.2) is 23.1 Å². The maximum absolute atomic E-state index is 12.7. The highest BCUT2D eigenvalue weighted by molar-refractivity contribution is 7.91. The van der Waals surface area contributed by atoms with Crippen LogP contribution in [0.1, 0.15) is 49.4 Å². The second-order valence-electron chi connectivity index (χ2n) is 7.86. The van der Waals surface area contributed by atoms with E-state index in [1.54, 1.807) is 7.11 Å². The number of pyridine rings is 1. The summed E-state index contributed by atoms with van der Waals surface area (Å²) in [6.45, 7) is 6.54. The smallest absolute Gasteiger partial charge is 0.179 e. The van der Waals surface area contributed by atoms with E-state index in [0.717, 1.165) is 35.4 Å². The van der Waals surface area contributed by atoms with Crippen LogP contribution in [0.4, 0.5) is 5.82 Å². The molecule has 0 radical (unpaired) electrons. The van der Waals surface area contributed by atoms with Gasteiger partial charge in [-0.15, -0.1) is 0 Å². The van der Waals surface area contributed by atoms with Crippen LogP contribution in [0.2, 0.25) is 10.0 Å². The van der Waals surface area contributed by atoms with Crippen LogP contribution in [0.3, 0.4) is 0 Å². The average Bonchev–Trinajstić information content (AvgIpc) is 3.11. The number of hydrogen-bond acceptors (Lipinski definition) is 6. The summed E-state index contributed by atoms with van der Waals surface area (Å²) in [5, 5.41) is 0.557. The molecule has 0 fully saturated rings. The van der Waals surface area contributed by atoms with E-state index in [4.69, 9.17) is 38.7 Å². The highest BCUT2D eigenvalue weighted by Crippen LogP contribution is 2.30. The summed E-state index contributed by atoms with van der Waals surface area (Å²) in [7, 11) is -1.83. The van der Waals surface area contributed by atoms with E-state index in [0.29, 0.717) is 29.3 Å². The van der Waals surface area contributed by atoms with Crippen molar-refractivity contribution in [2.24, 2.45) is 0 Å². The molecule has 10 heteroatoms. The van der Waals surface area contributed by atoms with Crippen LogP contribution in [-0.2, 0) is 21.1 Å². The molecule has 0 aliphatic carbocycles. The molecular formula is C22H28Cl2N4O3S. The lowest BCUT2D eigenvalue weighted by molar-refractivity contribution is 0.109. The Morgan fingerprint density at radius 3 is 2.53 bits per heavy atom. The number of aryl methyl sites for hydroxylation is 3. The molecule has 0 saturated heterocycles. The minimum atomic E-state index is -3.47. The lowest BCUT2D eigenvalue weighted by atomic mass is 10.2. The molecule has 0 saturated carbocycles. The molecule has 2 N–H and O–H groups in total. The van der Waals surface area contributed by atoms with E-state index >= 15 is 0 Å². The largest absolute Gasteiger partial charge is 0.382 e. The number of fused-ring (bicyclic) bond motifs is 1. The number of benzene rings is 1. The van der Waals surface area contributed by atoms with Crippen LogP contribution in [0.5, 0.6) is 0 Å². The third-order valence-corrected chi connectivity index (χ3v) is 8.18. The highest BCUT2D eigenvalue weighted by Gasteiger charge is 2.21. The number of halogens is 2. The van der Waals surface area contributed by atoms with Crippen molar-refractivity contribution in [3.63, 3.8) is 0 Å². The van der Waals surface area contributed by atoms with E-state index in [9.17, 15) is 8.42 Å². The number of hydrogen-bond donors (Lipinski definition) is 1. The van der Waals surface area contributed by atoms with E-state index in [2.05, 4.69) is 9.55 Å². The van der Waals surface area contributed by atoms with Crippen LogP contribution >= 0.6 is 23.2 Å². The van der Waals surface area contributed by atoms with Crippen molar-refractivity contribution in [2.75, 3.05) is 18.6 Å². The average molecular weight is 499 g/mol. The number of anilines is 1. The van der Waals surface area contributed by atoms with Gasteiger partial charge < -0.3 is 15.0 Å². The van der Waals surface area contributed by atoms with Gasteiger partial charge in [0.15, 0.2) is 15.7 Å². The number of sulfone groups is 1. The monoisotopic (exact) mass is 498 g/mol. The summed E-state index contributed by atoms with van der Waals surface area (Å²) in [6.07, 6.45) is 1.81. The summed E-state index contributed by atoms with van der Waals surface area (Å²) in [4.78, 5) is 9.22. The SMILES string of the molecule is COC(C)c1nc2c(N)nc(C)c(C)c2n1CCCCCS(=O)(=O)c1ccc(Cl)cc1Cl. The maximum Gasteiger partial charge on any atom is 0.179 e. The van der Waals surface area contributed by atoms with Crippen molar-refractivity contribution in [1.29, 1.82) is 0 Å². The fraction of sp³-hybridized carbons (Fsp3) is 0.455. The quantitative estimate of drug-likeness (QED) is 0.402. The third kappa shape index (κ3) is 5.03. The first-order valence-corrected chi connectivity index (χ1v) is 12.8. The summed E-state index contributed by atoms with van der Waals surface area (Å²) < 4.78 is 32.9. The molecule has 0 amide bonds. The molecule has 0 aliphatic heterocycles. The fourth-order valence-electron chi connectivity index (χ4n) is 3.74. The number of nitrogen functional groups attached to an aromatic ring is 1. The number of rotatable bonds is 9. The number of nitrogens with two attached hydrogens (primary N) is 1. The standard InChI is InChI=1S/C22H28Cl2N4O3S/c1-13-14(2)26-21(25)19-20(13)28(22(27-19)15(3)31-4)10-6-5-7-11-32(29,30)18-9-8-16(23)12-17(18)24/h8-9,12,15H,5-7,10-11H2,1-4H3,(H2,25,26). The fourth-order valence-corrected chi connectivity index (χ4v) is 5.93. The number of unbranched alkanes of at least 4 members (excludes halogenated alkanes) is 2. The summed E-state index contributed by atoms with van der Waals surface area (Å²) >= 11 is 11.9. The lowest BCUT2D eigenvalue weighted by Gasteiger charge is -2.15. The number of nitrogens with zero attached hydrogens (tertiary/aromatic N) is 3. The zero-order valence-electron chi connectivity index (χ0n) is 18.7. The van der Waals surface area contributed by atoms with Gasteiger partial charge in [-0.25, -0.2) is 18.4 Å². The van der Waals surface area contributed by atoms with Gasteiger partial charge in [-0.2, -0.15) is 0 Å². The Kier molecular flexibility index (Phi) is 7.70. The molecule has 7 nitrogen and oxygen atoms in total. The molecule has 2 aromatic heterocycles. The minimum absolute atomic E-state index is 0.0232. The molecule has 1 atom stereocenters. The van der Waals surface area contributed by atoms with Gasteiger partial charge in [0.25, 0.3) is 0 Å². The van der Waals surface area contributed by atoms with E-state index in [1.165, 1.54) is 18.2 Å². The van der Waals surface area contributed by atoms with Crippen LogP contribution in [0, 0.1) is 13.8 Å². The van der Waals surface area contributed by atoms with Crippen molar-refractivity contribution >= 4 is 49.9 Å². The molecule has 1 unspecified atom stereocenters. The van der Waals surface area contributed by atoms with Gasteiger partial charge in [0.1, 0.15) is 17.4 Å². The normalized spacial score (nSPS) is 13.1. The van der Waals surface area contributed by atoms with Crippen molar-refractivity contribution in [3.8, 4) is 0 Å². The molecule has 3 rings (SSSR count). The first kappa shape index (κ1) is 24.8. The predicted octanol–water partition coefficient (Wildman–Crippen LogP) is 5.29. The summed E-state index contributed by atoms with van der Waals surface area (Å²) in [6, 6.07) is 4.44. The molecule has 2 heterocycles. The Hall–Kier alpha value is -1.87. The van der Waals surface area contributed by atoms with E-state index in [-0.39, 0.29) is 21.8 Å². The first-order valence-electron chi connectivity index (χ1n) is 10.4. The summed E-state index contributed by atoms with van der Waals surface area (Å²) in [5.74, 6) is 1.21. The molecule has 174 valence electrons. The van der Waals surface area contributed by atoms with Crippen LogP contribution < -0.4 is 5.73 Å². The van der Waals surface area contributed by atoms with Crippen molar-refractivity contribution in [2.45, 2.75) is 57.6 Å². The molecule has 0 bridgehead atoms. The molecule has 0 aliphatic rings. The maximum atomic E-state index is 12.7. The zero-order valence-corrected chi connectivity index (χ0v) is 21.0. The Balaban J connectivity index is 1.74. The van der Waals surface area contributed by atoms with Crippen LogP contribution in [-0.4, -0.2) is 35.8 Å². The molecule has 32 heavy (non-hydrogen) atoms.